The van der Waals surface area contributed by atoms with Gasteiger partial charge in [-0.15, -0.1) is 5.10 Å². The molecule has 3 aromatic carbocycles. The van der Waals surface area contributed by atoms with Gasteiger partial charge in [-0.2, -0.15) is 4.98 Å². The second kappa shape index (κ2) is 8.77. The Kier molecular flexibility index (Phi) is 5.57. The van der Waals surface area contributed by atoms with Gasteiger partial charge in [-0.3, -0.25) is 0 Å². The molecule has 0 saturated heterocycles. The predicted octanol–water partition coefficient (Wildman–Crippen LogP) is 6.64. The van der Waals surface area contributed by atoms with Crippen LogP contribution in [0.1, 0.15) is 34.4 Å². The summed E-state index contributed by atoms with van der Waals surface area (Å²) in [6.07, 6.45) is 1.59. The van der Waals surface area contributed by atoms with Crippen LogP contribution in [0.5, 0.6) is 11.5 Å². The lowest BCUT2D eigenvalue weighted by atomic mass is 9.84. The summed E-state index contributed by atoms with van der Waals surface area (Å²) in [7, 11) is 1.69. The summed E-state index contributed by atoms with van der Waals surface area (Å²) in [6, 6.07) is 22.5. The van der Waals surface area contributed by atoms with Crippen LogP contribution < -0.4 is 14.8 Å². The second-order valence-corrected chi connectivity index (χ2v) is 10.2. The van der Waals surface area contributed by atoms with Crippen LogP contribution in [0.15, 0.2) is 81.9 Å². The van der Waals surface area contributed by atoms with E-state index in [9.17, 15) is 0 Å². The van der Waals surface area contributed by atoms with Crippen LogP contribution in [0.3, 0.4) is 0 Å². The van der Waals surface area contributed by atoms with Crippen LogP contribution in [0, 0.1) is 6.92 Å². The molecule has 4 aromatic rings. The van der Waals surface area contributed by atoms with E-state index in [2.05, 4.69) is 64.6 Å². The summed E-state index contributed by atoms with van der Waals surface area (Å²) in [5, 5.41) is 9.17. The van der Waals surface area contributed by atoms with Crippen LogP contribution in [-0.4, -0.2) is 28.1 Å². The number of nitrogens with zero attached hydrogens (tertiary/aromatic N) is 3. The lowest BCUT2D eigenvalue weighted by Crippen LogP contribution is -2.32. The van der Waals surface area contributed by atoms with Gasteiger partial charge in [0.2, 0.25) is 11.1 Å². The molecule has 0 aliphatic carbocycles. The molecule has 0 radical (unpaired) electrons. The minimum atomic E-state index is -0.402. The van der Waals surface area contributed by atoms with E-state index in [1.54, 1.807) is 7.11 Å². The third-order valence-corrected chi connectivity index (χ3v) is 7.44. The number of aryl methyl sites for hydroxylation is 1. The van der Waals surface area contributed by atoms with E-state index in [0.717, 1.165) is 55.0 Å². The zero-order valence-corrected chi connectivity index (χ0v) is 21.9. The molecule has 8 heteroatoms. The molecule has 1 aromatic heterocycles. The molecule has 2 aliphatic heterocycles. The maximum absolute atomic E-state index is 6.74. The number of hydrogen-bond acceptors (Lipinski definition) is 6. The molecule has 0 bridgehead atoms. The van der Waals surface area contributed by atoms with Gasteiger partial charge >= 0.3 is 0 Å². The number of hydrogen-bond donors (Lipinski definition) is 1. The Morgan fingerprint density at radius 1 is 1.09 bits per heavy atom. The Labute approximate surface area is 216 Å². The van der Waals surface area contributed by atoms with Gasteiger partial charge in [0.15, 0.2) is 6.10 Å². The van der Waals surface area contributed by atoms with E-state index in [-0.39, 0.29) is 6.04 Å². The molecule has 0 unspecified atom stereocenters. The highest BCUT2D eigenvalue weighted by atomic mass is 79.9. The monoisotopic (exact) mass is 546 g/mol. The fourth-order valence-electron chi connectivity index (χ4n) is 4.78. The van der Waals surface area contributed by atoms with Crippen molar-refractivity contribution in [3.05, 3.63) is 99.0 Å². The summed E-state index contributed by atoms with van der Waals surface area (Å²) in [5.41, 5.74) is 6.33. The Hall–Kier alpha value is -3.23. The number of nitrogens with one attached hydrogen (secondary N) is 1. The quantitative estimate of drug-likeness (QED) is 0.289. The van der Waals surface area contributed by atoms with Crippen LogP contribution in [0.4, 0.5) is 5.95 Å². The van der Waals surface area contributed by atoms with Crippen molar-refractivity contribution in [2.75, 3.05) is 18.7 Å². The van der Waals surface area contributed by atoms with Gasteiger partial charge in [0, 0.05) is 21.2 Å². The molecule has 2 atom stereocenters. The molecule has 1 N–H and O–H groups in total. The minimum absolute atomic E-state index is 0.211. The standard InChI is InChI=1S/C27H23BrN4O2S/c1-15-8-10-16(11-9-15)24-22-23(29-26-30-27(35-3)31-32(24)26)18-6-4-5-7-21(18)34-25(22)19-14-17(28)12-13-20(19)33-2/h4-14,24-25H,1-3H3,(H,29,30,31)/t24-,25+/m0/s1. The first-order chi connectivity index (χ1) is 17.1. The van der Waals surface area contributed by atoms with Crippen LogP contribution in [0.2, 0.25) is 0 Å². The first kappa shape index (κ1) is 22.2. The number of para-hydroxylation sites is 1. The molecule has 3 heterocycles. The zero-order valence-electron chi connectivity index (χ0n) is 19.4. The van der Waals surface area contributed by atoms with Crippen LogP contribution >= 0.6 is 27.7 Å². The van der Waals surface area contributed by atoms with Gasteiger partial charge in [0.05, 0.1) is 12.8 Å². The van der Waals surface area contributed by atoms with E-state index in [0.29, 0.717) is 0 Å². The average Bonchev–Trinajstić information content (AvgIpc) is 3.30. The molecule has 0 amide bonds. The van der Waals surface area contributed by atoms with Gasteiger partial charge in [0.25, 0.3) is 0 Å². The summed E-state index contributed by atoms with van der Waals surface area (Å²) in [4.78, 5) is 4.77. The van der Waals surface area contributed by atoms with Gasteiger partial charge in [0.1, 0.15) is 17.5 Å². The molecule has 0 fully saturated rings. The summed E-state index contributed by atoms with van der Waals surface area (Å²) < 4.78 is 15.5. The van der Waals surface area contributed by atoms with Crippen molar-refractivity contribution in [1.82, 2.24) is 14.8 Å². The summed E-state index contributed by atoms with van der Waals surface area (Å²) in [5.74, 6) is 2.29. The first-order valence-corrected chi connectivity index (χ1v) is 13.3. The highest BCUT2D eigenvalue weighted by molar-refractivity contribution is 9.10. The van der Waals surface area contributed by atoms with Crippen molar-refractivity contribution in [2.24, 2.45) is 0 Å². The lowest BCUT2D eigenvalue weighted by Gasteiger charge is -2.39. The lowest BCUT2D eigenvalue weighted by molar-refractivity contribution is 0.217. The van der Waals surface area contributed by atoms with Crippen molar-refractivity contribution in [1.29, 1.82) is 0 Å². The normalized spacial score (nSPS) is 18.2. The predicted molar refractivity (Wildman–Crippen MR) is 142 cm³/mol. The molecule has 0 saturated carbocycles. The molecule has 0 spiro atoms. The molecule has 6 rings (SSSR count). The molecular weight excluding hydrogens is 524 g/mol. The maximum atomic E-state index is 6.74. The van der Waals surface area contributed by atoms with Gasteiger partial charge < -0.3 is 14.8 Å². The maximum Gasteiger partial charge on any atom is 0.227 e. The van der Waals surface area contributed by atoms with Gasteiger partial charge in [-0.25, -0.2) is 4.68 Å². The van der Waals surface area contributed by atoms with Crippen molar-refractivity contribution in [3.63, 3.8) is 0 Å². The van der Waals surface area contributed by atoms with Crippen LogP contribution in [0.25, 0.3) is 5.70 Å². The average molecular weight is 547 g/mol. The SMILES string of the molecule is COc1ccc(Br)cc1[C@H]1Oc2ccccc2C2=C1[C@H](c1ccc(C)cc1)n1nc(SC)nc1N2. The molecule has 6 nitrogen and oxygen atoms in total. The fraction of sp³-hybridized carbons (Fsp3) is 0.185. The van der Waals surface area contributed by atoms with E-state index >= 15 is 0 Å². The van der Waals surface area contributed by atoms with E-state index < -0.39 is 6.10 Å². The number of halogens is 1. The number of anilines is 1. The third-order valence-electron chi connectivity index (χ3n) is 6.41. The fourth-order valence-corrected chi connectivity index (χ4v) is 5.51. The molecule has 2 aliphatic rings. The molecule has 176 valence electrons. The Balaban J connectivity index is 1.65. The number of aromatic nitrogens is 3. The highest BCUT2D eigenvalue weighted by Crippen LogP contribution is 2.52. The number of rotatable bonds is 4. The smallest absolute Gasteiger partial charge is 0.227 e. The first-order valence-electron chi connectivity index (χ1n) is 11.2. The van der Waals surface area contributed by atoms with Crippen molar-refractivity contribution >= 4 is 39.3 Å². The minimum Gasteiger partial charge on any atom is -0.496 e. The van der Waals surface area contributed by atoms with E-state index in [1.165, 1.54) is 17.3 Å². The summed E-state index contributed by atoms with van der Waals surface area (Å²) >= 11 is 5.17. The number of thioether (sulfide) groups is 1. The topological polar surface area (TPSA) is 61.2 Å². The van der Waals surface area contributed by atoms with Crippen molar-refractivity contribution in [2.45, 2.75) is 24.2 Å². The van der Waals surface area contributed by atoms with E-state index in [4.69, 9.17) is 19.6 Å². The van der Waals surface area contributed by atoms with Gasteiger partial charge in [-0.05, 0) is 49.1 Å². The third kappa shape index (κ3) is 3.72. The number of fused-ring (bicyclic) bond motifs is 3. The highest BCUT2D eigenvalue weighted by Gasteiger charge is 2.42. The van der Waals surface area contributed by atoms with E-state index in [1.807, 2.05) is 41.3 Å². The number of methoxy groups -OCH3 is 1. The van der Waals surface area contributed by atoms with Crippen molar-refractivity contribution in [3.8, 4) is 11.5 Å². The zero-order chi connectivity index (χ0) is 24.1. The summed E-state index contributed by atoms with van der Waals surface area (Å²) in [6.45, 7) is 2.10. The molecular formula is C27H23BrN4O2S. The second-order valence-electron chi connectivity index (χ2n) is 8.52. The Morgan fingerprint density at radius 2 is 1.89 bits per heavy atom. The van der Waals surface area contributed by atoms with Crippen molar-refractivity contribution < 1.29 is 9.47 Å². The Morgan fingerprint density at radius 3 is 2.66 bits per heavy atom. The Bertz CT molecular complexity index is 1460. The number of benzene rings is 3. The largest absolute Gasteiger partial charge is 0.496 e. The van der Waals surface area contributed by atoms with Gasteiger partial charge in [-0.1, -0.05) is 69.7 Å². The number of ether oxygens (including phenoxy) is 2. The molecule has 35 heavy (non-hydrogen) atoms. The van der Waals surface area contributed by atoms with Crippen LogP contribution in [-0.2, 0) is 0 Å².